The molecule has 4 heteroatoms. The van der Waals surface area contributed by atoms with E-state index in [9.17, 15) is 4.79 Å². The van der Waals surface area contributed by atoms with Crippen molar-refractivity contribution in [1.29, 1.82) is 0 Å². The molecule has 0 spiro atoms. The highest BCUT2D eigenvalue weighted by atomic mass is 16.5. The molecule has 0 aliphatic rings. The summed E-state index contributed by atoms with van der Waals surface area (Å²) in [6.07, 6.45) is 0. The maximum Gasteiger partial charge on any atom is 0.334 e. The Morgan fingerprint density at radius 1 is 1.53 bits per heavy atom. The monoisotopic (exact) mass is 214 g/mol. The third kappa shape index (κ3) is 6.25. The minimum absolute atomic E-state index is 0.317. The van der Waals surface area contributed by atoms with Crippen LogP contribution in [-0.4, -0.2) is 50.7 Å². The van der Waals surface area contributed by atoms with E-state index in [0.29, 0.717) is 24.8 Å². The maximum atomic E-state index is 11.2. The summed E-state index contributed by atoms with van der Waals surface area (Å²) in [7, 11) is 4.04. The Morgan fingerprint density at radius 2 is 2.13 bits per heavy atom. The predicted octanol–water partition coefficient (Wildman–Crippen LogP) is 0.645. The van der Waals surface area contributed by atoms with Gasteiger partial charge in [-0.2, -0.15) is 0 Å². The summed E-state index contributed by atoms with van der Waals surface area (Å²) in [5.74, 6) is -0.317. The van der Waals surface area contributed by atoms with Crippen LogP contribution in [0.5, 0.6) is 0 Å². The van der Waals surface area contributed by atoms with Gasteiger partial charge in [0.15, 0.2) is 0 Å². The second-order valence-corrected chi connectivity index (χ2v) is 3.77. The smallest absolute Gasteiger partial charge is 0.334 e. The van der Waals surface area contributed by atoms with Crippen molar-refractivity contribution in [3.63, 3.8) is 0 Å². The van der Waals surface area contributed by atoms with Gasteiger partial charge in [-0.15, -0.1) is 0 Å². The zero-order chi connectivity index (χ0) is 11.8. The van der Waals surface area contributed by atoms with Crippen LogP contribution in [0.1, 0.15) is 13.8 Å². The van der Waals surface area contributed by atoms with Crippen molar-refractivity contribution in [3.05, 3.63) is 12.2 Å². The summed E-state index contributed by atoms with van der Waals surface area (Å²) in [5, 5.41) is 3.16. The number of likely N-dealkylation sites (N-methyl/N-ethyl adjacent to an activating group) is 1. The van der Waals surface area contributed by atoms with E-state index >= 15 is 0 Å². The van der Waals surface area contributed by atoms with Gasteiger partial charge >= 0.3 is 5.97 Å². The fourth-order valence-corrected chi connectivity index (χ4v) is 0.920. The number of nitrogens with one attached hydrogen (secondary N) is 1. The number of carbonyl (C=O) groups is 1. The lowest BCUT2D eigenvalue weighted by molar-refractivity contribution is -0.138. The van der Waals surface area contributed by atoms with Crippen LogP contribution in [0.25, 0.3) is 0 Å². The first-order chi connectivity index (χ1) is 6.99. The molecule has 0 saturated heterocycles. The molecule has 0 amide bonds. The lowest BCUT2D eigenvalue weighted by atomic mass is 10.2. The molecule has 0 saturated carbocycles. The summed E-state index contributed by atoms with van der Waals surface area (Å²) >= 11 is 0. The number of hydrogen-bond donors (Lipinski definition) is 1. The van der Waals surface area contributed by atoms with Crippen LogP contribution in [-0.2, 0) is 9.53 Å². The van der Waals surface area contributed by atoms with Gasteiger partial charge in [-0.3, -0.25) is 0 Å². The van der Waals surface area contributed by atoms with Crippen molar-refractivity contribution in [2.24, 2.45) is 0 Å². The van der Waals surface area contributed by atoms with E-state index in [-0.39, 0.29) is 5.97 Å². The van der Waals surface area contributed by atoms with Crippen molar-refractivity contribution < 1.29 is 9.53 Å². The molecule has 0 rings (SSSR count). The summed E-state index contributed by atoms with van der Waals surface area (Å²) in [5.41, 5.74) is 0.475. The van der Waals surface area contributed by atoms with Crippen LogP contribution in [0, 0.1) is 0 Å². The molecule has 0 aliphatic carbocycles. The molecule has 0 heterocycles. The molecule has 1 unspecified atom stereocenters. The Labute approximate surface area is 92.3 Å². The highest BCUT2D eigenvalue weighted by Crippen LogP contribution is 1.94. The van der Waals surface area contributed by atoms with Crippen LogP contribution in [0.15, 0.2) is 12.2 Å². The predicted molar refractivity (Wildman–Crippen MR) is 61.8 cm³/mol. The first-order valence-electron chi connectivity index (χ1n) is 5.21. The Bertz CT molecular complexity index is 215. The van der Waals surface area contributed by atoms with Crippen molar-refractivity contribution in [1.82, 2.24) is 10.2 Å². The summed E-state index contributed by atoms with van der Waals surface area (Å²) in [6.45, 7) is 9.26. The van der Waals surface area contributed by atoms with Crippen LogP contribution in [0.3, 0.4) is 0 Å². The maximum absolute atomic E-state index is 11.2. The normalized spacial score (nSPS) is 12.6. The Balaban J connectivity index is 3.68. The zero-order valence-electron chi connectivity index (χ0n) is 10.2. The van der Waals surface area contributed by atoms with Gasteiger partial charge in [-0.25, -0.2) is 4.79 Å². The summed E-state index contributed by atoms with van der Waals surface area (Å²) < 4.78 is 4.82. The van der Waals surface area contributed by atoms with Gasteiger partial charge in [0.25, 0.3) is 0 Å². The Morgan fingerprint density at radius 3 is 2.60 bits per heavy atom. The first-order valence-corrected chi connectivity index (χ1v) is 5.21. The molecule has 0 aromatic heterocycles. The van der Waals surface area contributed by atoms with Gasteiger partial charge < -0.3 is 15.0 Å². The Hall–Kier alpha value is -0.870. The second kappa shape index (κ2) is 7.43. The fourth-order valence-electron chi connectivity index (χ4n) is 0.920. The molecule has 0 aliphatic heterocycles. The first kappa shape index (κ1) is 14.1. The fraction of sp³-hybridized carbons (Fsp3) is 0.727. The van der Waals surface area contributed by atoms with E-state index in [1.165, 1.54) is 0 Å². The standard InChI is InChI=1S/C11H22N2O2/c1-6-15-11(14)9(2)7-12-8-10(3)13(4)5/h10,12H,2,6-8H2,1,3-5H3. The van der Waals surface area contributed by atoms with E-state index in [4.69, 9.17) is 4.74 Å². The average molecular weight is 214 g/mol. The molecule has 0 aromatic carbocycles. The topological polar surface area (TPSA) is 41.6 Å². The SMILES string of the molecule is C=C(CNCC(C)N(C)C)C(=O)OCC. The van der Waals surface area contributed by atoms with Gasteiger partial charge in [0.1, 0.15) is 0 Å². The molecule has 0 bridgehead atoms. The molecular formula is C11H22N2O2. The van der Waals surface area contributed by atoms with E-state index < -0.39 is 0 Å². The minimum atomic E-state index is -0.317. The van der Waals surface area contributed by atoms with Crippen LogP contribution in [0.2, 0.25) is 0 Å². The molecule has 88 valence electrons. The lowest BCUT2D eigenvalue weighted by Gasteiger charge is -2.20. The highest BCUT2D eigenvalue weighted by molar-refractivity contribution is 5.88. The number of rotatable bonds is 7. The number of carbonyl (C=O) groups excluding carboxylic acids is 1. The molecule has 0 fully saturated rings. The van der Waals surface area contributed by atoms with E-state index in [2.05, 4.69) is 23.7 Å². The molecule has 1 atom stereocenters. The quantitative estimate of drug-likeness (QED) is 0.499. The van der Waals surface area contributed by atoms with Gasteiger partial charge in [0, 0.05) is 24.7 Å². The van der Waals surface area contributed by atoms with Crippen molar-refractivity contribution in [3.8, 4) is 0 Å². The Kier molecular flexibility index (Phi) is 6.99. The zero-order valence-corrected chi connectivity index (χ0v) is 10.2. The molecule has 4 nitrogen and oxygen atoms in total. The van der Waals surface area contributed by atoms with E-state index in [1.54, 1.807) is 6.92 Å². The van der Waals surface area contributed by atoms with Gasteiger partial charge in [-0.05, 0) is 27.9 Å². The molecule has 0 radical (unpaired) electrons. The lowest BCUT2D eigenvalue weighted by Crippen LogP contribution is -2.36. The highest BCUT2D eigenvalue weighted by Gasteiger charge is 2.08. The van der Waals surface area contributed by atoms with Crippen molar-refractivity contribution in [2.45, 2.75) is 19.9 Å². The largest absolute Gasteiger partial charge is 0.463 e. The van der Waals surface area contributed by atoms with E-state index in [0.717, 1.165) is 6.54 Å². The number of hydrogen-bond acceptors (Lipinski definition) is 4. The third-order valence-electron chi connectivity index (χ3n) is 2.22. The van der Waals surface area contributed by atoms with Gasteiger partial charge in [-0.1, -0.05) is 6.58 Å². The molecule has 1 N–H and O–H groups in total. The number of nitrogens with zero attached hydrogens (tertiary/aromatic N) is 1. The van der Waals surface area contributed by atoms with E-state index in [1.807, 2.05) is 14.1 Å². The average Bonchev–Trinajstić information content (AvgIpc) is 2.17. The number of ether oxygens (including phenoxy) is 1. The van der Waals surface area contributed by atoms with Crippen molar-refractivity contribution in [2.75, 3.05) is 33.8 Å². The van der Waals surface area contributed by atoms with Crippen molar-refractivity contribution >= 4 is 5.97 Å². The second-order valence-electron chi connectivity index (χ2n) is 3.77. The van der Waals surface area contributed by atoms with Crippen LogP contribution >= 0.6 is 0 Å². The van der Waals surface area contributed by atoms with Gasteiger partial charge in [0.2, 0.25) is 0 Å². The molecular weight excluding hydrogens is 192 g/mol. The summed E-state index contributed by atoms with van der Waals surface area (Å²) in [6, 6.07) is 0.431. The molecule has 0 aromatic rings. The van der Waals surface area contributed by atoms with Crippen LogP contribution < -0.4 is 5.32 Å². The van der Waals surface area contributed by atoms with Crippen LogP contribution in [0.4, 0.5) is 0 Å². The third-order valence-corrected chi connectivity index (χ3v) is 2.22. The molecule has 15 heavy (non-hydrogen) atoms. The van der Waals surface area contributed by atoms with Gasteiger partial charge in [0.05, 0.1) is 6.61 Å². The number of esters is 1. The summed E-state index contributed by atoms with van der Waals surface area (Å²) in [4.78, 5) is 13.3. The minimum Gasteiger partial charge on any atom is -0.463 e.